The summed E-state index contributed by atoms with van der Waals surface area (Å²) in [6.45, 7) is 4.19. The van der Waals surface area contributed by atoms with Crippen LogP contribution in [0.25, 0.3) is 11.1 Å². The molecular formula is C22H23N5O3. The van der Waals surface area contributed by atoms with Gasteiger partial charge in [-0.2, -0.15) is 0 Å². The van der Waals surface area contributed by atoms with Crippen LogP contribution >= 0.6 is 0 Å². The number of hydrogen-bond acceptors (Lipinski definition) is 7. The zero-order valence-electron chi connectivity index (χ0n) is 17.3. The Labute approximate surface area is 174 Å². The molecule has 30 heavy (non-hydrogen) atoms. The average molecular weight is 405 g/mol. The lowest BCUT2D eigenvalue weighted by Crippen LogP contribution is -2.51. The van der Waals surface area contributed by atoms with Crippen molar-refractivity contribution >= 4 is 17.3 Å². The molecule has 1 unspecified atom stereocenters. The van der Waals surface area contributed by atoms with E-state index in [9.17, 15) is 4.79 Å². The van der Waals surface area contributed by atoms with Crippen molar-refractivity contribution in [2.45, 2.75) is 26.1 Å². The summed E-state index contributed by atoms with van der Waals surface area (Å²) in [5.41, 5.74) is 5.23. The Kier molecular flexibility index (Phi) is 4.16. The second-order valence-electron chi connectivity index (χ2n) is 7.81. The molecular weight excluding hydrogens is 382 g/mol. The van der Waals surface area contributed by atoms with Crippen molar-refractivity contribution in [1.82, 2.24) is 15.0 Å². The minimum absolute atomic E-state index is 0.0288. The highest BCUT2D eigenvalue weighted by molar-refractivity contribution is 5.99. The van der Waals surface area contributed by atoms with E-state index in [2.05, 4.69) is 20.4 Å². The number of ether oxygens (including phenoxy) is 1. The standard InChI is InChI=1S/C22H23N5O3/c1-12-18(13(2)30-25-12)14-8-9-16-19-20(14)29-11-17(15-7-5-6-10-23-15)27(19)21(24-16)22(28)26(3)4/h5-10,17,21,24H,11H2,1-4H3/t17-,21?/m1/s1. The van der Waals surface area contributed by atoms with Crippen LogP contribution in [0.4, 0.5) is 11.4 Å². The molecule has 8 nitrogen and oxygen atoms in total. The van der Waals surface area contributed by atoms with Crippen molar-refractivity contribution in [2.75, 3.05) is 30.9 Å². The number of rotatable bonds is 3. The highest BCUT2D eigenvalue weighted by atomic mass is 16.5. The molecule has 1 N–H and O–H groups in total. The number of nitrogens with zero attached hydrogens (tertiary/aromatic N) is 4. The third kappa shape index (κ3) is 2.63. The number of nitrogens with one attached hydrogen (secondary N) is 1. The summed E-state index contributed by atoms with van der Waals surface area (Å²) in [7, 11) is 3.53. The third-order valence-electron chi connectivity index (χ3n) is 5.69. The molecule has 1 aromatic carbocycles. The number of anilines is 2. The van der Waals surface area contributed by atoms with E-state index in [4.69, 9.17) is 9.26 Å². The summed E-state index contributed by atoms with van der Waals surface area (Å²) in [4.78, 5) is 21.3. The Bertz CT molecular complexity index is 1110. The number of likely N-dealkylation sites (N-methyl/N-ethyl adjacent to an activating group) is 1. The summed E-state index contributed by atoms with van der Waals surface area (Å²) >= 11 is 0. The van der Waals surface area contributed by atoms with E-state index in [0.717, 1.165) is 45.4 Å². The number of aryl methyl sites for hydroxylation is 2. The number of hydrogen-bond donors (Lipinski definition) is 1. The maximum absolute atomic E-state index is 13.1. The first kappa shape index (κ1) is 18.5. The predicted octanol–water partition coefficient (Wildman–Crippen LogP) is 3.13. The van der Waals surface area contributed by atoms with Crippen molar-refractivity contribution in [2.24, 2.45) is 0 Å². The molecule has 4 heterocycles. The molecule has 0 saturated carbocycles. The smallest absolute Gasteiger partial charge is 0.265 e. The van der Waals surface area contributed by atoms with Crippen molar-refractivity contribution in [3.05, 3.63) is 53.7 Å². The van der Waals surface area contributed by atoms with E-state index in [1.54, 1.807) is 25.2 Å². The fourth-order valence-corrected chi connectivity index (χ4v) is 4.30. The molecule has 2 aliphatic heterocycles. The zero-order valence-corrected chi connectivity index (χ0v) is 17.3. The second kappa shape index (κ2) is 6.76. The molecule has 0 aliphatic carbocycles. The SMILES string of the molecule is Cc1noc(C)c1-c1ccc2c3c1OC[C@H](c1ccccn1)N3C(C(=O)N(C)C)N2. The Morgan fingerprint density at radius 2 is 2.07 bits per heavy atom. The van der Waals surface area contributed by atoms with Gasteiger partial charge in [0, 0.05) is 25.9 Å². The summed E-state index contributed by atoms with van der Waals surface area (Å²) in [6.07, 6.45) is 1.22. The van der Waals surface area contributed by atoms with Crippen molar-refractivity contribution in [3.8, 4) is 16.9 Å². The van der Waals surface area contributed by atoms with Crippen LogP contribution in [-0.4, -0.2) is 47.8 Å². The molecule has 2 atom stereocenters. The van der Waals surface area contributed by atoms with Crippen LogP contribution in [0, 0.1) is 13.8 Å². The Morgan fingerprint density at radius 1 is 1.23 bits per heavy atom. The van der Waals surface area contributed by atoms with Crippen molar-refractivity contribution in [1.29, 1.82) is 0 Å². The normalized spacial score (nSPS) is 19.1. The van der Waals surface area contributed by atoms with Crippen LogP contribution in [0.15, 0.2) is 41.1 Å². The number of carbonyl (C=O) groups is 1. The van der Waals surface area contributed by atoms with Gasteiger partial charge in [0.15, 0.2) is 11.9 Å². The Hall–Kier alpha value is -3.55. The molecule has 8 heteroatoms. The summed E-state index contributed by atoms with van der Waals surface area (Å²) in [5, 5.41) is 7.48. The average Bonchev–Trinajstić information content (AvgIpc) is 3.30. The number of amides is 1. The molecule has 2 aliphatic rings. The molecule has 0 fully saturated rings. The lowest BCUT2D eigenvalue weighted by molar-refractivity contribution is -0.129. The quantitative estimate of drug-likeness (QED) is 0.717. The molecule has 2 aromatic heterocycles. The molecule has 5 rings (SSSR count). The van der Waals surface area contributed by atoms with Crippen LogP contribution in [0.3, 0.4) is 0 Å². The molecule has 154 valence electrons. The maximum Gasteiger partial charge on any atom is 0.265 e. The third-order valence-corrected chi connectivity index (χ3v) is 5.69. The molecule has 0 radical (unpaired) electrons. The predicted molar refractivity (Wildman–Crippen MR) is 112 cm³/mol. The fourth-order valence-electron chi connectivity index (χ4n) is 4.30. The number of pyridine rings is 1. The topological polar surface area (TPSA) is 83.7 Å². The van der Waals surface area contributed by atoms with E-state index in [0.29, 0.717) is 6.61 Å². The lowest BCUT2D eigenvalue weighted by atomic mass is 9.99. The molecule has 0 bridgehead atoms. The van der Waals surface area contributed by atoms with E-state index in [-0.39, 0.29) is 11.9 Å². The number of aromatic nitrogens is 2. The Balaban J connectivity index is 1.70. The van der Waals surface area contributed by atoms with Gasteiger partial charge in [0.25, 0.3) is 5.91 Å². The van der Waals surface area contributed by atoms with Crippen LogP contribution in [0.2, 0.25) is 0 Å². The van der Waals surface area contributed by atoms with Crippen LogP contribution in [-0.2, 0) is 4.79 Å². The second-order valence-corrected chi connectivity index (χ2v) is 7.81. The molecule has 0 saturated heterocycles. The van der Waals surface area contributed by atoms with Gasteiger partial charge in [0.1, 0.15) is 24.1 Å². The van der Waals surface area contributed by atoms with Gasteiger partial charge in [-0.1, -0.05) is 11.2 Å². The van der Waals surface area contributed by atoms with Gasteiger partial charge in [0.05, 0.1) is 22.6 Å². The summed E-state index contributed by atoms with van der Waals surface area (Å²) in [6, 6.07) is 9.58. The minimum atomic E-state index is -0.537. The Morgan fingerprint density at radius 3 is 2.73 bits per heavy atom. The van der Waals surface area contributed by atoms with Gasteiger partial charge in [-0.25, -0.2) is 0 Å². The van der Waals surface area contributed by atoms with Gasteiger partial charge < -0.3 is 24.4 Å². The first-order valence-electron chi connectivity index (χ1n) is 9.87. The lowest BCUT2D eigenvalue weighted by Gasteiger charge is -2.38. The first-order chi connectivity index (χ1) is 14.5. The summed E-state index contributed by atoms with van der Waals surface area (Å²) in [5.74, 6) is 1.44. The molecule has 1 amide bonds. The monoisotopic (exact) mass is 405 g/mol. The van der Waals surface area contributed by atoms with E-state index >= 15 is 0 Å². The molecule has 0 spiro atoms. The number of benzene rings is 1. The van der Waals surface area contributed by atoms with E-state index in [1.807, 2.05) is 44.2 Å². The van der Waals surface area contributed by atoms with Crippen molar-refractivity contribution < 1.29 is 14.1 Å². The van der Waals surface area contributed by atoms with Crippen molar-refractivity contribution in [3.63, 3.8) is 0 Å². The number of carbonyl (C=O) groups excluding carboxylic acids is 1. The van der Waals surface area contributed by atoms with Gasteiger partial charge in [0.2, 0.25) is 0 Å². The van der Waals surface area contributed by atoms with E-state index < -0.39 is 6.17 Å². The fraction of sp³-hybridized carbons (Fsp3) is 0.318. The van der Waals surface area contributed by atoms with Crippen LogP contribution < -0.4 is 15.0 Å². The molecule has 3 aromatic rings. The van der Waals surface area contributed by atoms with Gasteiger partial charge in [-0.05, 0) is 38.1 Å². The van der Waals surface area contributed by atoms with Gasteiger partial charge >= 0.3 is 0 Å². The van der Waals surface area contributed by atoms with Crippen LogP contribution in [0.5, 0.6) is 5.75 Å². The summed E-state index contributed by atoms with van der Waals surface area (Å²) < 4.78 is 11.7. The minimum Gasteiger partial charge on any atom is -0.488 e. The first-order valence-corrected chi connectivity index (χ1v) is 9.87. The highest BCUT2D eigenvalue weighted by Crippen LogP contribution is 2.53. The van der Waals surface area contributed by atoms with E-state index in [1.165, 1.54) is 0 Å². The van der Waals surface area contributed by atoms with Crippen LogP contribution in [0.1, 0.15) is 23.2 Å². The maximum atomic E-state index is 13.1. The van der Waals surface area contributed by atoms with Gasteiger partial charge in [-0.3, -0.25) is 9.78 Å². The largest absolute Gasteiger partial charge is 0.488 e. The zero-order chi connectivity index (χ0) is 21.0. The van der Waals surface area contributed by atoms with Gasteiger partial charge in [-0.15, -0.1) is 0 Å². The highest BCUT2D eigenvalue weighted by Gasteiger charge is 2.45.